The van der Waals surface area contributed by atoms with Gasteiger partial charge in [-0.2, -0.15) is 0 Å². The highest BCUT2D eigenvalue weighted by Gasteiger charge is 2.27. The first-order chi connectivity index (χ1) is 13.7. The fourth-order valence-electron chi connectivity index (χ4n) is 3.75. The summed E-state index contributed by atoms with van der Waals surface area (Å²) >= 11 is 0. The summed E-state index contributed by atoms with van der Waals surface area (Å²) in [6.45, 7) is 2.15. The normalized spacial score (nSPS) is 16.9. The van der Waals surface area contributed by atoms with Crippen molar-refractivity contribution in [2.24, 2.45) is 0 Å². The minimum Gasteiger partial charge on any atom is -0.340 e. The van der Waals surface area contributed by atoms with Crippen molar-refractivity contribution >= 4 is 5.91 Å². The maximum absolute atomic E-state index is 12.7. The van der Waals surface area contributed by atoms with Crippen molar-refractivity contribution in [3.05, 3.63) is 83.1 Å². The summed E-state index contributed by atoms with van der Waals surface area (Å²) in [4.78, 5) is 35.2. The van der Waals surface area contributed by atoms with E-state index in [2.05, 4.69) is 14.5 Å². The van der Waals surface area contributed by atoms with Gasteiger partial charge in [0.25, 0.3) is 5.56 Å². The topological polar surface area (TPSA) is 73.0 Å². The maximum Gasteiger partial charge on any atom is 0.250 e. The summed E-state index contributed by atoms with van der Waals surface area (Å²) in [6.07, 6.45) is 11.0. The summed E-state index contributed by atoms with van der Waals surface area (Å²) in [6, 6.07) is 8.90. The third-order valence-electron chi connectivity index (χ3n) is 5.17. The molecule has 0 N–H and O–H groups in total. The van der Waals surface area contributed by atoms with Gasteiger partial charge in [-0.25, -0.2) is 4.98 Å². The molecule has 0 radical (unpaired) electrons. The quantitative estimate of drug-likeness (QED) is 0.681. The van der Waals surface area contributed by atoms with E-state index in [1.165, 1.54) is 10.6 Å². The van der Waals surface area contributed by atoms with E-state index in [-0.39, 0.29) is 23.9 Å². The van der Waals surface area contributed by atoms with Gasteiger partial charge in [-0.3, -0.25) is 14.6 Å². The highest BCUT2D eigenvalue weighted by atomic mass is 16.2. The maximum atomic E-state index is 12.7. The molecular formula is C21H23N5O2. The molecule has 7 heteroatoms. The lowest BCUT2D eigenvalue weighted by atomic mass is 9.97. The van der Waals surface area contributed by atoms with Crippen molar-refractivity contribution in [3.8, 4) is 0 Å². The van der Waals surface area contributed by atoms with Crippen LogP contribution in [0.15, 0.2) is 66.1 Å². The van der Waals surface area contributed by atoms with Crippen LogP contribution in [0.5, 0.6) is 0 Å². The van der Waals surface area contributed by atoms with Crippen molar-refractivity contribution in [1.82, 2.24) is 24.0 Å². The molecule has 1 aliphatic rings. The molecule has 3 aromatic rings. The first-order valence-corrected chi connectivity index (χ1v) is 9.54. The average Bonchev–Trinajstić information content (AvgIpc) is 3.19. The lowest BCUT2D eigenvalue weighted by Gasteiger charge is -2.33. The Kier molecular flexibility index (Phi) is 5.32. The molecule has 1 atom stereocenters. The molecule has 0 saturated carbocycles. The number of pyridine rings is 2. The summed E-state index contributed by atoms with van der Waals surface area (Å²) in [7, 11) is 0. The Hall–Kier alpha value is -3.22. The Morgan fingerprint density at radius 1 is 1.11 bits per heavy atom. The SMILES string of the molecule is O=C(Cn1ccccc1=O)N1CCC[C@H](c2nccn2Cc2cccnc2)C1. The van der Waals surface area contributed by atoms with E-state index < -0.39 is 0 Å². The number of aromatic nitrogens is 4. The zero-order valence-corrected chi connectivity index (χ0v) is 15.6. The van der Waals surface area contributed by atoms with Crippen molar-refractivity contribution in [2.45, 2.75) is 31.8 Å². The molecule has 4 heterocycles. The zero-order chi connectivity index (χ0) is 19.3. The molecule has 3 aromatic heterocycles. The van der Waals surface area contributed by atoms with Crippen LogP contribution in [0, 0.1) is 0 Å². The number of imidazole rings is 1. The summed E-state index contributed by atoms with van der Waals surface area (Å²) in [5.74, 6) is 1.17. The molecule has 1 aliphatic heterocycles. The van der Waals surface area contributed by atoms with Gasteiger partial charge in [-0.1, -0.05) is 12.1 Å². The van der Waals surface area contributed by atoms with Crippen molar-refractivity contribution in [3.63, 3.8) is 0 Å². The summed E-state index contributed by atoms with van der Waals surface area (Å²) < 4.78 is 3.59. The molecule has 1 amide bonds. The standard InChI is InChI=1S/C21H23N5O2/c27-19-7-1-2-10-25(19)16-20(28)24-11-4-6-18(15-24)21-23-9-12-26(21)14-17-5-3-8-22-13-17/h1-3,5,7-10,12-13,18H,4,6,11,14-16H2/t18-/m0/s1. The van der Waals surface area contributed by atoms with Crippen LogP contribution in [0.4, 0.5) is 0 Å². The van der Waals surface area contributed by atoms with Gasteiger partial charge < -0.3 is 14.0 Å². The molecule has 0 unspecified atom stereocenters. The highest BCUT2D eigenvalue weighted by Crippen LogP contribution is 2.26. The van der Waals surface area contributed by atoms with Crippen LogP contribution in [0.25, 0.3) is 0 Å². The van der Waals surface area contributed by atoms with Crippen molar-refractivity contribution in [1.29, 1.82) is 0 Å². The Morgan fingerprint density at radius 2 is 2.04 bits per heavy atom. The minimum atomic E-state index is -0.156. The molecule has 0 aliphatic carbocycles. The number of piperidine rings is 1. The fraction of sp³-hybridized carbons (Fsp3) is 0.333. The minimum absolute atomic E-state index is 0.0247. The van der Waals surface area contributed by atoms with E-state index in [1.807, 2.05) is 35.6 Å². The van der Waals surface area contributed by atoms with Crippen LogP contribution < -0.4 is 5.56 Å². The first kappa shape index (κ1) is 18.2. The van der Waals surface area contributed by atoms with E-state index in [0.717, 1.165) is 30.8 Å². The molecule has 0 aromatic carbocycles. The molecule has 4 rings (SSSR count). The van der Waals surface area contributed by atoms with Crippen LogP contribution in [0.2, 0.25) is 0 Å². The van der Waals surface area contributed by atoms with Gasteiger partial charge in [-0.15, -0.1) is 0 Å². The Labute approximate surface area is 163 Å². The second-order valence-corrected chi connectivity index (χ2v) is 7.12. The highest BCUT2D eigenvalue weighted by molar-refractivity contribution is 5.76. The number of carbonyl (C=O) groups is 1. The van der Waals surface area contributed by atoms with E-state index >= 15 is 0 Å². The lowest BCUT2D eigenvalue weighted by molar-refractivity contribution is -0.133. The predicted molar refractivity (Wildman–Crippen MR) is 105 cm³/mol. The molecule has 7 nitrogen and oxygen atoms in total. The van der Waals surface area contributed by atoms with E-state index in [0.29, 0.717) is 13.1 Å². The van der Waals surface area contributed by atoms with Crippen LogP contribution in [-0.2, 0) is 17.9 Å². The average molecular weight is 377 g/mol. The van der Waals surface area contributed by atoms with Gasteiger partial charge in [0.2, 0.25) is 5.91 Å². The van der Waals surface area contributed by atoms with Gasteiger partial charge in [-0.05, 0) is 30.5 Å². The van der Waals surface area contributed by atoms with Gasteiger partial charge in [0, 0.05) is 56.1 Å². The second-order valence-electron chi connectivity index (χ2n) is 7.12. The molecule has 144 valence electrons. The number of likely N-dealkylation sites (tertiary alicyclic amines) is 1. The summed E-state index contributed by atoms with van der Waals surface area (Å²) in [5.41, 5.74) is 0.963. The van der Waals surface area contributed by atoms with E-state index in [9.17, 15) is 9.59 Å². The van der Waals surface area contributed by atoms with Crippen LogP contribution in [-0.4, -0.2) is 43.0 Å². The van der Waals surface area contributed by atoms with Crippen LogP contribution >= 0.6 is 0 Å². The number of nitrogens with zero attached hydrogens (tertiary/aromatic N) is 5. The second kappa shape index (κ2) is 8.21. The molecule has 1 saturated heterocycles. The monoisotopic (exact) mass is 377 g/mol. The summed E-state index contributed by atoms with van der Waals surface area (Å²) in [5, 5.41) is 0. The third kappa shape index (κ3) is 4.03. The van der Waals surface area contributed by atoms with Gasteiger partial charge in [0.05, 0.1) is 6.54 Å². The fourth-order valence-corrected chi connectivity index (χ4v) is 3.75. The third-order valence-corrected chi connectivity index (χ3v) is 5.17. The Bertz CT molecular complexity index is 995. The first-order valence-electron chi connectivity index (χ1n) is 9.54. The number of hydrogen-bond acceptors (Lipinski definition) is 4. The number of rotatable bonds is 5. The molecular weight excluding hydrogens is 354 g/mol. The van der Waals surface area contributed by atoms with Gasteiger partial charge in [0.1, 0.15) is 12.4 Å². The van der Waals surface area contributed by atoms with Crippen LogP contribution in [0.1, 0.15) is 30.1 Å². The smallest absolute Gasteiger partial charge is 0.250 e. The number of carbonyl (C=O) groups excluding carboxylic acids is 1. The Morgan fingerprint density at radius 3 is 2.86 bits per heavy atom. The predicted octanol–water partition coefficient (Wildman–Crippen LogP) is 1.89. The van der Waals surface area contributed by atoms with E-state index in [1.54, 1.807) is 24.5 Å². The largest absolute Gasteiger partial charge is 0.340 e. The number of hydrogen-bond donors (Lipinski definition) is 0. The molecule has 28 heavy (non-hydrogen) atoms. The van der Waals surface area contributed by atoms with Gasteiger partial charge in [0.15, 0.2) is 0 Å². The van der Waals surface area contributed by atoms with Crippen molar-refractivity contribution in [2.75, 3.05) is 13.1 Å². The van der Waals surface area contributed by atoms with Crippen molar-refractivity contribution < 1.29 is 4.79 Å². The van der Waals surface area contributed by atoms with E-state index in [4.69, 9.17) is 0 Å². The lowest BCUT2D eigenvalue weighted by Crippen LogP contribution is -2.42. The molecule has 1 fully saturated rings. The molecule has 0 spiro atoms. The van der Waals surface area contributed by atoms with Crippen LogP contribution in [0.3, 0.4) is 0 Å². The zero-order valence-electron chi connectivity index (χ0n) is 15.6. The number of amides is 1. The molecule has 0 bridgehead atoms. The Balaban J connectivity index is 1.46. The van der Waals surface area contributed by atoms with Gasteiger partial charge >= 0.3 is 0 Å².